The average Bonchev–Trinajstić information content (AvgIpc) is 2.38. The van der Waals surface area contributed by atoms with E-state index in [4.69, 9.17) is 21.1 Å². The lowest BCUT2D eigenvalue weighted by Gasteiger charge is -2.12. The van der Waals surface area contributed by atoms with Gasteiger partial charge in [-0.15, -0.1) is 11.6 Å². The highest BCUT2D eigenvalue weighted by Gasteiger charge is 2.16. The summed E-state index contributed by atoms with van der Waals surface area (Å²) in [5.41, 5.74) is 0.781. The van der Waals surface area contributed by atoms with Gasteiger partial charge >= 0.3 is 0 Å². The minimum absolute atomic E-state index is 0.00157. The SMILES string of the molecule is COc1ccc(OCCS(=O)(=O)C(C)C)c(CCl)c1. The van der Waals surface area contributed by atoms with Gasteiger partial charge in [0.25, 0.3) is 0 Å². The van der Waals surface area contributed by atoms with E-state index in [-0.39, 0.29) is 23.5 Å². The van der Waals surface area contributed by atoms with Crippen LogP contribution in [0.25, 0.3) is 0 Å². The van der Waals surface area contributed by atoms with E-state index in [2.05, 4.69) is 0 Å². The van der Waals surface area contributed by atoms with E-state index >= 15 is 0 Å². The van der Waals surface area contributed by atoms with Crippen LogP contribution in [0.4, 0.5) is 0 Å². The van der Waals surface area contributed by atoms with Crippen molar-refractivity contribution in [2.75, 3.05) is 19.5 Å². The van der Waals surface area contributed by atoms with Crippen LogP contribution in [0.5, 0.6) is 11.5 Å². The monoisotopic (exact) mass is 306 g/mol. The maximum atomic E-state index is 11.6. The summed E-state index contributed by atoms with van der Waals surface area (Å²) in [6.07, 6.45) is 0. The zero-order chi connectivity index (χ0) is 14.5. The summed E-state index contributed by atoms with van der Waals surface area (Å²) in [7, 11) is -1.51. The molecule has 1 aromatic rings. The molecule has 0 N–H and O–H groups in total. The lowest BCUT2D eigenvalue weighted by atomic mass is 10.2. The molecular formula is C13H19ClO4S. The van der Waals surface area contributed by atoms with Crippen molar-refractivity contribution in [3.05, 3.63) is 23.8 Å². The van der Waals surface area contributed by atoms with Gasteiger partial charge in [0.1, 0.15) is 18.1 Å². The van der Waals surface area contributed by atoms with Crippen LogP contribution >= 0.6 is 11.6 Å². The third-order valence-electron chi connectivity index (χ3n) is 2.76. The average molecular weight is 307 g/mol. The van der Waals surface area contributed by atoms with Crippen molar-refractivity contribution >= 4 is 21.4 Å². The fraction of sp³-hybridized carbons (Fsp3) is 0.538. The highest BCUT2D eigenvalue weighted by Crippen LogP contribution is 2.25. The number of methoxy groups -OCH3 is 1. The van der Waals surface area contributed by atoms with Crippen LogP contribution in [-0.4, -0.2) is 33.1 Å². The Bertz CT molecular complexity index is 511. The topological polar surface area (TPSA) is 52.6 Å². The molecule has 0 aliphatic rings. The highest BCUT2D eigenvalue weighted by molar-refractivity contribution is 7.91. The number of rotatable bonds is 7. The second-order valence-electron chi connectivity index (χ2n) is 4.37. The second-order valence-corrected chi connectivity index (χ2v) is 7.32. The van der Waals surface area contributed by atoms with Gasteiger partial charge in [0.15, 0.2) is 9.84 Å². The zero-order valence-electron chi connectivity index (χ0n) is 11.3. The molecule has 0 spiro atoms. The number of halogens is 1. The maximum absolute atomic E-state index is 11.6. The predicted octanol–water partition coefficient (Wildman–Crippen LogP) is 2.64. The minimum Gasteiger partial charge on any atom is -0.497 e. The van der Waals surface area contributed by atoms with Crippen molar-refractivity contribution in [2.24, 2.45) is 0 Å². The Balaban J connectivity index is 2.68. The number of sulfone groups is 1. The summed E-state index contributed by atoms with van der Waals surface area (Å²) >= 11 is 5.83. The number of benzene rings is 1. The van der Waals surface area contributed by atoms with Gasteiger partial charge < -0.3 is 9.47 Å². The zero-order valence-corrected chi connectivity index (χ0v) is 12.9. The molecule has 0 saturated heterocycles. The van der Waals surface area contributed by atoms with Gasteiger partial charge in [-0.05, 0) is 32.0 Å². The van der Waals surface area contributed by atoms with Gasteiger partial charge in [0.05, 0.1) is 24.0 Å². The molecule has 0 unspecified atom stereocenters. The molecular weight excluding hydrogens is 288 g/mol. The standard InChI is InChI=1S/C13H19ClO4S/c1-10(2)19(15,16)7-6-18-13-5-4-12(17-3)8-11(13)9-14/h4-5,8,10H,6-7,9H2,1-3H3. The Hall–Kier alpha value is -0.940. The predicted molar refractivity (Wildman–Crippen MR) is 77.0 cm³/mol. The van der Waals surface area contributed by atoms with Crippen LogP contribution in [0, 0.1) is 0 Å². The smallest absolute Gasteiger partial charge is 0.155 e. The number of hydrogen-bond donors (Lipinski definition) is 0. The molecule has 0 bridgehead atoms. The lowest BCUT2D eigenvalue weighted by Crippen LogP contribution is -2.22. The Morgan fingerprint density at radius 2 is 2.00 bits per heavy atom. The largest absolute Gasteiger partial charge is 0.497 e. The van der Waals surface area contributed by atoms with Gasteiger partial charge in [-0.1, -0.05) is 0 Å². The van der Waals surface area contributed by atoms with Gasteiger partial charge in [-0.25, -0.2) is 8.42 Å². The number of hydrogen-bond acceptors (Lipinski definition) is 4. The third-order valence-corrected chi connectivity index (χ3v) is 5.22. The molecule has 0 amide bonds. The molecule has 0 aromatic heterocycles. The maximum Gasteiger partial charge on any atom is 0.155 e. The summed E-state index contributed by atoms with van der Waals surface area (Å²) < 4.78 is 33.9. The molecule has 0 aliphatic heterocycles. The quantitative estimate of drug-likeness (QED) is 0.727. The molecule has 0 radical (unpaired) electrons. The van der Waals surface area contributed by atoms with Crippen molar-refractivity contribution in [3.8, 4) is 11.5 Å². The van der Waals surface area contributed by atoms with Gasteiger partial charge in [-0.2, -0.15) is 0 Å². The molecule has 0 aliphatic carbocycles. The Labute approximate surface area is 119 Å². The summed E-state index contributed by atoms with van der Waals surface area (Å²) in [5.74, 6) is 1.56. The van der Waals surface area contributed by atoms with Crippen molar-refractivity contribution in [2.45, 2.75) is 25.0 Å². The van der Waals surface area contributed by atoms with Gasteiger partial charge in [-0.3, -0.25) is 0 Å². The van der Waals surface area contributed by atoms with Crippen molar-refractivity contribution < 1.29 is 17.9 Å². The van der Waals surface area contributed by atoms with Crippen LogP contribution in [0.3, 0.4) is 0 Å². The first-order chi connectivity index (χ1) is 8.90. The molecule has 1 aromatic carbocycles. The van der Waals surface area contributed by atoms with Crippen LogP contribution in [0.15, 0.2) is 18.2 Å². The van der Waals surface area contributed by atoms with E-state index in [0.717, 1.165) is 5.56 Å². The Morgan fingerprint density at radius 1 is 1.32 bits per heavy atom. The first-order valence-electron chi connectivity index (χ1n) is 5.98. The molecule has 0 heterocycles. The fourth-order valence-corrected chi connectivity index (χ4v) is 2.43. The summed E-state index contributed by atoms with van der Waals surface area (Å²) in [6.45, 7) is 3.44. The fourth-order valence-electron chi connectivity index (χ4n) is 1.43. The van der Waals surface area contributed by atoms with Crippen LogP contribution in [0.2, 0.25) is 0 Å². The molecule has 0 fully saturated rings. The van der Waals surface area contributed by atoms with Crippen LogP contribution in [-0.2, 0) is 15.7 Å². The molecule has 108 valence electrons. The second kappa shape index (κ2) is 7.01. The molecule has 6 heteroatoms. The van der Waals surface area contributed by atoms with E-state index in [1.165, 1.54) is 0 Å². The van der Waals surface area contributed by atoms with Gasteiger partial charge in [0, 0.05) is 5.56 Å². The normalized spacial score (nSPS) is 11.6. The van der Waals surface area contributed by atoms with E-state index in [1.54, 1.807) is 39.2 Å². The Kier molecular flexibility index (Phi) is 5.94. The molecule has 19 heavy (non-hydrogen) atoms. The molecule has 0 saturated carbocycles. The summed E-state index contributed by atoms with van der Waals surface area (Å²) in [6, 6.07) is 5.26. The van der Waals surface area contributed by atoms with E-state index in [1.807, 2.05) is 0 Å². The van der Waals surface area contributed by atoms with E-state index in [0.29, 0.717) is 11.5 Å². The summed E-state index contributed by atoms with van der Waals surface area (Å²) in [5, 5.41) is -0.389. The van der Waals surface area contributed by atoms with Crippen molar-refractivity contribution in [1.29, 1.82) is 0 Å². The minimum atomic E-state index is -3.08. The van der Waals surface area contributed by atoms with E-state index in [9.17, 15) is 8.42 Å². The van der Waals surface area contributed by atoms with E-state index < -0.39 is 9.84 Å². The molecule has 1 rings (SSSR count). The molecule has 4 nitrogen and oxygen atoms in total. The highest BCUT2D eigenvalue weighted by atomic mass is 35.5. The number of alkyl halides is 1. The molecule has 0 atom stereocenters. The first-order valence-corrected chi connectivity index (χ1v) is 8.23. The van der Waals surface area contributed by atoms with Gasteiger partial charge in [0.2, 0.25) is 0 Å². The van der Waals surface area contributed by atoms with Crippen molar-refractivity contribution in [1.82, 2.24) is 0 Å². The third kappa shape index (κ3) is 4.58. The van der Waals surface area contributed by atoms with Crippen LogP contribution < -0.4 is 9.47 Å². The van der Waals surface area contributed by atoms with Crippen LogP contribution in [0.1, 0.15) is 19.4 Å². The van der Waals surface area contributed by atoms with Crippen molar-refractivity contribution in [3.63, 3.8) is 0 Å². The lowest BCUT2D eigenvalue weighted by molar-refractivity contribution is 0.336. The number of ether oxygens (including phenoxy) is 2. The summed E-state index contributed by atoms with van der Waals surface area (Å²) in [4.78, 5) is 0. The Morgan fingerprint density at radius 3 is 2.53 bits per heavy atom. The first kappa shape index (κ1) is 16.1.